The number of halogens is 1. The molecule has 1 N–H and O–H groups in total. The summed E-state index contributed by atoms with van der Waals surface area (Å²) in [7, 11) is 0. The van der Waals surface area contributed by atoms with Gasteiger partial charge in [0.1, 0.15) is 24.2 Å². The van der Waals surface area contributed by atoms with Crippen molar-refractivity contribution in [1.29, 1.82) is 0 Å². The van der Waals surface area contributed by atoms with Gasteiger partial charge in [-0.15, -0.1) is 6.58 Å². The second-order valence-electron chi connectivity index (χ2n) is 11.1. The Morgan fingerprint density at radius 1 is 1.26 bits per heavy atom. The fourth-order valence-electron chi connectivity index (χ4n) is 6.67. The van der Waals surface area contributed by atoms with E-state index in [-0.39, 0.29) is 37.5 Å². The second-order valence-corrected chi connectivity index (χ2v) is 11.5. The minimum absolute atomic E-state index is 0.0156. The molecule has 1 aromatic carbocycles. The van der Waals surface area contributed by atoms with Crippen LogP contribution in [0, 0.1) is 17.8 Å². The van der Waals surface area contributed by atoms with Crippen LogP contribution in [0.3, 0.4) is 0 Å². The second kappa shape index (κ2) is 10.8. The monoisotopic (exact) mass is 544 g/mol. The number of nitrogens with zero attached hydrogens (tertiary/aromatic N) is 2. The van der Waals surface area contributed by atoms with Crippen LogP contribution in [-0.4, -0.2) is 70.8 Å². The Labute approximate surface area is 229 Å². The van der Waals surface area contributed by atoms with Crippen LogP contribution < -0.4 is 4.90 Å². The zero-order chi connectivity index (χ0) is 27.8. The lowest BCUT2D eigenvalue weighted by Crippen LogP contribution is -2.59. The zero-order valence-electron chi connectivity index (χ0n) is 22.3. The van der Waals surface area contributed by atoms with Crippen molar-refractivity contribution >= 4 is 35.1 Å². The molecule has 3 saturated heterocycles. The summed E-state index contributed by atoms with van der Waals surface area (Å²) in [5.41, 5.74) is -1.58. The highest BCUT2D eigenvalue weighted by Crippen LogP contribution is 2.64. The van der Waals surface area contributed by atoms with Gasteiger partial charge in [-0.3, -0.25) is 14.4 Å². The molecule has 38 heavy (non-hydrogen) atoms. The van der Waals surface area contributed by atoms with Gasteiger partial charge in [0.2, 0.25) is 5.91 Å². The van der Waals surface area contributed by atoms with E-state index in [9.17, 15) is 19.5 Å². The molecule has 0 radical (unpaired) electrons. The Balaban J connectivity index is 1.84. The van der Waals surface area contributed by atoms with Crippen LogP contribution in [0.25, 0.3) is 0 Å². The number of esters is 1. The predicted octanol–water partition coefficient (Wildman–Crippen LogP) is 3.76. The van der Waals surface area contributed by atoms with Crippen molar-refractivity contribution in [2.75, 3.05) is 24.7 Å². The molecule has 0 aromatic heterocycles. The molecule has 3 fully saturated rings. The summed E-state index contributed by atoms with van der Waals surface area (Å²) >= 11 is 6.10. The molecule has 1 spiro atoms. The van der Waals surface area contributed by atoms with Gasteiger partial charge in [-0.05, 0) is 56.4 Å². The molecule has 3 aliphatic heterocycles. The molecular formula is C29H37ClN2O6. The summed E-state index contributed by atoms with van der Waals surface area (Å²) in [6, 6.07) is 5.21. The normalized spacial score (nSPS) is 30.3. The van der Waals surface area contributed by atoms with Crippen LogP contribution in [0.1, 0.15) is 40.0 Å². The number of fused-ring (bicyclic) bond motifs is 1. The molecular weight excluding hydrogens is 508 g/mol. The number of hydrogen-bond acceptors (Lipinski definition) is 6. The molecule has 1 aromatic rings. The van der Waals surface area contributed by atoms with E-state index < -0.39 is 41.1 Å². The molecule has 9 heteroatoms. The third kappa shape index (κ3) is 4.56. The number of ether oxygens (including phenoxy) is 2. The van der Waals surface area contributed by atoms with Gasteiger partial charge in [-0.1, -0.05) is 44.2 Å². The lowest BCUT2D eigenvalue weighted by atomic mass is 9.66. The highest BCUT2D eigenvalue weighted by atomic mass is 35.5. The largest absolute Gasteiger partial charge is 0.461 e. The first-order valence-corrected chi connectivity index (χ1v) is 13.5. The minimum Gasteiger partial charge on any atom is -0.461 e. The van der Waals surface area contributed by atoms with Crippen LogP contribution >= 0.6 is 11.6 Å². The first kappa shape index (κ1) is 28.3. The van der Waals surface area contributed by atoms with Gasteiger partial charge >= 0.3 is 5.97 Å². The van der Waals surface area contributed by atoms with Crippen molar-refractivity contribution in [3.05, 3.63) is 54.6 Å². The standard InChI is InChI=1S/C29H37ClN2O6/c1-6-14-31(20-10-8-19(30)9-11-20)26(35)24-29-13-12-28(5,38-29)23(27(36)37-15-7-2)22(29)25(34)32(24)21(17-33)16-18(3)4/h6-11,18,21-24,33H,1-2,12-17H2,3-5H3/t21-,22+,23-,24?,28+,29?/m1/s1. The van der Waals surface area contributed by atoms with E-state index in [1.165, 1.54) is 11.0 Å². The quantitative estimate of drug-likeness (QED) is 0.336. The van der Waals surface area contributed by atoms with E-state index in [1.807, 2.05) is 20.8 Å². The predicted molar refractivity (Wildman–Crippen MR) is 145 cm³/mol. The van der Waals surface area contributed by atoms with Gasteiger partial charge in [0.15, 0.2) is 0 Å². The van der Waals surface area contributed by atoms with E-state index >= 15 is 0 Å². The molecule has 4 rings (SSSR count). The highest BCUT2D eigenvalue weighted by Gasteiger charge is 2.79. The number of aliphatic hydroxyl groups excluding tert-OH is 1. The third-order valence-electron chi connectivity index (χ3n) is 8.11. The summed E-state index contributed by atoms with van der Waals surface area (Å²) in [6.07, 6.45) is 4.51. The third-order valence-corrected chi connectivity index (χ3v) is 8.36. The summed E-state index contributed by atoms with van der Waals surface area (Å²) in [6.45, 7) is 13.1. The molecule has 2 unspecified atom stereocenters. The lowest BCUT2D eigenvalue weighted by Gasteiger charge is -2.40. The van der Waals surface area contributed by atoms with Crippen LogP contribution in [-0.2, 0) is 23.9 Å². The Kier molecular flexibility index (Phi) is 8.07. The number of carbonyl (C=O) groups is 3. The average Bonchev–Trinajstić information content (AvgIpc) is 3.45. The number of benzene rings is 1. The highest BCUT2D eigenvalue weighted by molar-refractivity contribution is 6.30. The van der Waals surface area contributed by atoms with E-state index in [0.717, 1.165) is 0 Å². The number of carbonyl (C=O) groups excluding carboxylic acids is 3. The first-order chi connectivity index (χ1) is 18.0. The summed E-state index contributed by atoms with van der Waals surface area (Å²) < 4.78 is 12.1. The Morgan fingerprint density at radius 3 is 2.53 bits per heavy atom. The summed E-state index contributed by atoms with van der Waals surface area (Å²) in [5, 5.41) is 10.9. The molecule has 206 valence electrons. The average molecular weight is 545 g/mol. The first-order valence-electron chi connectivity index (χ1n) is 13.1. The Hall–Kier alpha value is -2.68. The molecule has 8 nitrogen and oxygen atoms in total. The van der Waals surface area contributed by atoms with E-state index in [2.05, 4.69) is 13.2 Å². The van der Waals surface area contributed by atoms with Crippen LogP contribution in [0.5, 0.6) is 0 Å². The molecule has 0 aliphatic carbocycles. The van der Waals surface area contributed by atoms with E-state index in [4.69, 9.17) is 21.1 Å². The number of hydrogen-bond donors (Lipinski definition) is 1. The number of aliphatic hydroxyl groups is 1. The fourth-order valence-corrected chi connectivity index (χ4v) is 6.79. The maximum atomic E-state index is 14.5. The van der Waals surface area contributed by atoms with Gasteiger partial charge in [-0.25, -0.2) is 0 Å². The maximum absolute atomic E-state index is 14.5. The van der Waals surface area contributed by atoms with Crippen molar-refractivity contribution in [3.8, 4) is 0 Å². The number of likely N-dealkylation sites (tertiary alicyclic amines) is 1. The molecule has 6 atom stereocenters. The number of anilines is 1. The topological polar surface area (TPSA) is 96.4 Å². The summed E-state index contributed by atoms with van der Waals surface area (Å²) in [5.74, 6) is -2.87. The van der Waals surface area contributed by atoms with Crippen molar-refractivity contribution in [2.45, 2.75) is 63.3 Å². The number of rotatable bonds is 11. The molecule has 0 saturated carbocycles. The molecule has 2 amide bonds. The van der Waals surface area contributed by atoms with Crippen molar-refractivity contribution in [2.24, 2.45) is 17.8 Å². The van der Waals surface area contributed by atoms with Crippen molar-refractivity contribution < 1.29 is 29.0 Å². The van der Waals surface area contributed by atoms with Gasteiger partial charge in [-0.2, -0.15) is 0 Å². The minimum atomic E-state index is -1.23. The van der Waals surface area contributed by atoms with Crippen LogP contribution in [0.2, 0.25) is 5.02 Å². The van der Waals surface area contributed by atoms with E-state index in [1.54, 1.807) is 35.2 Å². The smallest absolute Gasteiger partial charge is 0.313 e. The fraction of sp³-hybridized carbons (Fsp3) is 0.552. The SMILES string of the molecule is C=CCOC(=O)[C@H]1[C@H]2C(=O)N([C@@H](CO)CC(C)C)C(C(=O)N(CC=C)c3ccc(Cl)cc3)C23CC[C@]1(C)O3. The zero-order valence-corrected chi connectivity index (χ0v) is 23.0. The van der Waals surface area contributed by atoms with Gasteiger partial charge < -0.3 is 24.4 Å². The number of amides is 2. The molecule has 2 bridgehead atoms. The van der Waals surface area contributed by atoms with Crippen molar-refractivity contribution in [1.82, 2.24) is 4.90 Å². The maximum Gasteiger partial charge on any atom is 0.313 e. The van der Waals surface area contributed by atoms with E-state index in [0.29, 0.717) is 30.0 Å². The van der Waals surface area contributed by atoms with Crippen molar-refractivity contribution in [3.63, 3.8) is 0 Å². The molecule has 3 heterocycles. The van der Waals surface area contributed by atoms with Crippen LogP contribution in [0.15, 0.2) is 49.6 Å². The summed E-state index contributed by atoms with van der Waals surface area (Å²) in [4.78, 5) is 45.1. The Morgan fingerprint density at radius 2 is 1.95 bits per heavy atom. The lowest BCUT2D eigenvalue weighted by molar-refractivity contribution is -0.159. The van der Waals surface area contributed by atoms with Gasteiger partial charge in [0, 0.05) is 17.3 Å². The molecule has 3 aliphatic rings. The van der Waals surface area contributed by atoms with Gasteiger partial charge in [0.25, 0.3) is 5.91 Å². The van der Waals surface area contributed by atoms with Crippen LogP contribution in [0.4, 0.5) is 5.69 Å². The Bertz CT molecular complexity index is 1110. The van der Waals surface area contributed by atoms with Gasteiger partial charge in [0.05, 0.1) is 24.2 Å².